The first-order valence-electron chi connectivity index (χ1n) is 9.74. The van der Waals surface area contributed by atoms with Gasteiger partial charge in [0.15, 0.2) is 9.84 Å². The lowest BCUT2D eigenvalue weighted by Crippen LogP contribution is -2.54. The molecular formula is C22H18F3N5O2S. The van der Waals surface area contributed by atoms with Gasteiger partial charge in [-0.2, -0.15) is 0 Å². The van der Waals surface area contributed by atoms with Crippen LogP contribution in [-0.2, 0) is 21.8 Å². The molecule has 0 spiro atoms. The van der Waals surface area contributed by atoms with Crippen molar-refractivity contribution in [2.45, 2.75) is 30.8 Å². The first-order chi connectivity index (χ1) is 15.4. The Balaban J connectivity index is 1.79. The molecule has 0 fully saturated rings. The van der Waals surface area contributed by atoms with Crippen LogP contribution in [0.5, 0.6) is 0 Å². The number of rotatable bonds is 3. The van der Waals surface area contributed by atoms with Gasteiger partial charge in [-0.3, -0.25) is 15.0 Å². The molecule has 3 aromatic rings. The lowest BCUT2D eigenvalue weighted by atomic mass is 9.91. The molecule has 2 N–H and O–H groups in total. The Kier molecular flexibility index (Phi) is 5.16. The highest BCUT2D eigenvalue weighted by Crippen LogP contribution is 2.39. The molecule has 1 aliphatic rings. The lowest BCUT2D eigenvalue weighted by Gasteiger charge is -2.35. The topological polar surface area (TPSA) is 103 Å². The Bertz CT molecular complexity index is 1480. The van der Waals surface area contributed by atoms with Gasteiger partial charge >= 0.3 is 0 Å². The SMILES string of the molecule is [C-]#[N+]c1cnc2c(Cc3ccc(F)c([C@]4(C)CS(=O)(=O)[C@@](C)(F)C(N)=N4)c3)ncc(F)c2c1. The fourth-order valence-corrected chi connectivity index (χ4v) is 5.41. The Hall–Kier alpha value is -3.52. The second kappa shape index (κ2) is 7.52. The van der Waals surface area contributed by atoms with Crippen LogP contribution in [0, 0.1) is 18.2 Å². The van der Waals surface area contributed by atoms with E-state index < -0.39 is 43.6 Å². The molecule has 0 bridgehead atoms. The van der Waals surface area contributed by atoms with Crippen LogP contribution in [0.3, 0.4) is 0 Å². The van der Waals surface area contributed by atoms with Crippen molar-refractivity contribution in [2.24, 2.45) is 10.7 Å². The normalized spacial score (nSPS) is 24.3. The molecule has 0 aliphatic carbocycles. The fourth-order valence-electron chi connectivity index (χ4n) is 3.81. The summed E-state index contributed by atoms with van der Waals surface area (Å²) in [5.74, 6) is -2.88. The molecule has 7 nitrogen and oxygen atoms in total. The van der Waals surface area contributed by atoms with Crippen molar-refractivity contribution >= 4 is 32.3 Å². The van der Waals surface area contributed by atoms with Gasteiger partial charge in [-0.25, -0.2) is 26.4 Å². The summed E-state index contributed by atoms with van der Waals surface area (Å²) in [6.45, 7) is 9.25. The summed E-state index contributed by atoms with van der Waals surface area (Å²) in [5.41, 5.74) is 5.21. The Morgan fingerprint density at radius 2 is 1.88 bits per heavy atom. The molecule has 0 saturated heterocycles. The molecule has 0 radical (unpaired) electrons. The molecule has 33 heavy (non-hydrogen) atoms. The van der Waals surface area contributed by atoms with Crippen LogP contribution in [-0.4, -0.2) is 35.0 Å². The summed E-state index contributed by atoms with van der Waals surface area (Å²) in [4.78, 5) is 15.5. The van der Waals surface area contributed by atoms with Crippen molar-refractivity contribution in [3.63, 3.8) is 0 Å². The van der Waals surface area contributed by atoms with Gasteiger partial charge in [-0.1, -0.05) is 12.1 Å². The van der Waals surface area contributed by atoms with E-state index in [2.05, 4.69) is 19.8 Å². The number of hydrogen-bond acceptors (Lipinski definition) is 6. The van der Waals surface area contributed by atoms with E-state index in [1.165, 1.54) is 31.3 Å². The van der Waals surface area contributed by atoms with Gasteiger partial charge < -0.3 is 5.73 Å². The molecule has 0 saturated carbocycles. The van der Waals surface area contributed by atoms with Gasteiger partial charge in [-0.15, -0.1) is 0 Å². The van der Waals surface area contributed by atoms with Gasteiger partial charge in [0.25, 0.3) is 5.00 Å². The molecule has 11 heteroatoms. The Morgan fingerprint density at radius 1 is 1.15 bits per heavy atom. The first kappa shape index (κ1) is 22.7. The van der Waals surface area contributed by atoms with Gasteiger partial charge in [0.1, 0.15) is 23.0 Å². The minimum Gasteiger partial charge on any atom is -0.384 e. The van der Waals surface area contributed by atoms with E-state index in [0.717, 1.165) is 19.2 Å². The average molecular weight is 473 g/mol. The summed E-state index contributed by atoms with van der Waals surface area (Å²) in [5, 5.41) is -2.71. The van der Waals surface area contributed by atoms with Crippen molar-refractivity contribution in [2.75, 3.05) is 5.75 Å². The summed E-state index contributed by atoms with van der Waals surface area (Å²) >= 11 is 0. The highest BCUT2D eigenvalue weighted by Gasteiger charge is 2.53. The fraction of sp³-hybridized carbons (Fsp3) is 0.273. The number of aromatic nitrogens is 2. The van der Waals surface area contributed by atoms with Crippen molar-refractivity contribution in [1.29, 1.82) is 0 Å². The Morgan fingerprint density at radius 3 is 2.55 bits per heavy atom. The molecule has 1 aliphatic heterocycles. The van der Waals surface area contributed by atoms with E-state index in [0.29, 0.717) is 11.3 Å². The predicted octanol–water partition coefficient (Wildman–Crippen LogP) is 3.74. The minimum atomic E-state index is -4.37. The number of fused-ring (bicyclic) bond motifs is 1. The maximum absolute atomic E-state index is 14.8. The highest BCUT2D eigenvalue weighted by atomic mass is 32.2. The number of nitrogens with zero attached hydrogens (tertiary/aromatic N) is 4. The number of benzene rings is 1. The van der Waals surface area contributed by atoms with Crippen molar-refractivity contribution < 1.29 is 21.6 Å². The van der Waals surface area contributed by atoms with E-state index >= 15 is 0 Å². The second-order valence-electron chi connectivity index (χ2n) is 8.19. The lowest BCUT2D eigenvalue weighted by molar-refractivity contribution is 0.354. The number of pyridine rings is 2. The molecule has 2 atom stereocenters. The third-order valence-electron chi connectivity index (χ3n) is 5.73. The summed E-state index contributed by atoms with van der Waals surface area (Å²) in [6.07, 6.45) is 2.42. The zero-order valence-corrected chi connectivity index (χ0v) is 18.4. The number of nitrogens with two attached hydrogens (primary N) is 1. The number of sulfone groups is 1. The first-order valence-corrected chi connectivity index (χ1v) is 11.4. The summed E-state index contributed by atoms with van der Waals surface area (Å²) < 4.78 is 68.6. The number of aliphatic imine (C=N–C) groups is 1. The summed E-state index contributed by atoms with van der Waals surface area (Å²) in [6, 6.07) is 5.39. The maximum Gasteiger partial charge on any atom is 0.263 e. The van der Waals surface area contributed by atoms with E-state index in [-0.39, 0.29) is 28.6 Å². The Labute approximate surface area is 187 Å². The van der Waals surface area contributed by atoms with E-state index in [1.807, 2.05) is 0 Å². The smallest absolute Gasteiger partial charge is 0.263 e. The number of hydrogen-bond donors (Lipinski definition) is 1. The number of halogens is 3. The van der Waals surface area contributed by atoms with Crippen LogP contribution in [0.2, 0.25) is 0 Å². The van der Waals surface area contributed by atoms with Gasteiger partial charge in [0.2, 0.25) is 5.69 Å². The third-order valence-corrected chi connectivity index (χ3v) is 8.05. The minimum absolute atomic E-state index is 0.0725. The van der Waals surface area contributed by atoms with Crippen LogP contribution < -0.4 is 5.73 Å². The quantitative estimate of drug-likeness (QED) is 0.584. The zero-order valence-electron chi connectivity index (χ0n) is 17.6. The number of amidine groups is 1. The standard InChI is InChI=1S/C22H18F3N5O2S/c1-21(11-33(31,32)22(2,25)20(26)30-21)15-6-12(4-5-16(15)23)7-18-19-14(17(24)10-28-18)8-13(27-3)9-29-19/h4-6,8-10H,7,11H2,1-2H3,(H2,26,30)/t21-,22+/m0/s1. The molecule has 1 aromatic carbocycles. The molecule has 170 valence electrons. The molecule has 0 unspecified atom stereocenters. The molecular weight excluding hydrogens is 455 g/mol. The van der Waals surface area contributed by atoms with Crippen LogP contribution in [0.4, 0.5) is 18.9 Å². The average Bonchev–Trinajstić information content (AvgIpc) is 2.75. The predicted molar refractivity (Wildman–Crippen MR) is 117 cm³/mol. The van der Waals surface area contributed by atoms with Gasteiger partial charge in [0.05, 0.1) is 29.7 Å². The van der Waals surface area contributed by atoms with E-state index in [4.69, 9.17) is 12.3 Å². The molecule has 0 amide bonds. The largest absolute Gasteiger partial charge is 0.384 e. The van der Waals surface area contributed by atoms with Crippen LogP contribution in [0.25, 0.3) is 15.7 Å². The number of alkyl halides is 1. The second-order valence-corrected chi connectivity index (χ2v) is 10.5. The highest BCUT2D eigenvalue weighted by molar-refractivity contribution is 7.93. The molecule has 2 aromatic heterocycles. The van der Waals surface area contributed by atoms with E-state index in [1.54, 1.807) is 0 Å². The van der Waals surface area contributed by atoms with Crippen molar-refractivity contribution in [1.82, 2.24) is 9.97 Å². The third kappa shape index (κ3) is 3.70. The molecule has 3 heterocycles. The maximum atomic E-state index is 14.8. The van der Waals surface area contributed by atoms with Crippen molar-refractivity contribution in [3.8, 4) is 0 Å². The monoisotopic (exact) mass is 473 g/mol. The van der Waals surface area contributed by atoms with Gasteiger partial charge in [0, 0.05) is 23.6 Å². The van der Waals surface area contributed by atoms with Crippen LogP contribution in [0.15, 0.2) is 41.7 Å². The summed E-state index contributed by atoms with van der Waals surface area (Å²) in [7, 11) is -4.37. The van der Waals surface area contributed by atoms with Crippen LogP contribution in [0.1, 0.15) is 30.7 Å². The van der Waals surface area contributed by atoms with E-state index in [9.17, 15) is 21.6 Å². The zero-order chi connectivity index (χ0) is 24.2. The van der Waals surface area contributed by atoms with Gasteiger partial charge in [-0.05, 0) is 31.5 Å². The molecule has 4 rings (SSSR count). The van der Waals surface area contributed by atoms with Crippen LogP contribution >= 0.6 is 0 Å². The van der Waals surface area contributed by atoms with Crippen molar-refractivity contribution in [3.05, 3.63) is 76.5 Å².